The normalized spacial score (nSPS) is 11.8. The quantitative estimate of drug-likeness (QED) is 0.795. The van der Waals surface area contributed by atoms with Gasteiger partial charge in [-0.1, -0.05) is 25.1 Å². The highest BCUT2D eigenvalue weighted by molar-refractivity contribution is 5.93. The monoisotopic (exact) mass is 351 g/mol. The first-order chi connectivity index (χ1) is 11.9. The number of nitrogens with zero attached hydrogens (tertiary/aromatic N) is 2. The van der Waals surface area contributed by atoms with Crippen LogP contribution in [-0.4, -0.2) is 33.6 Å². The van der Waals surface area contributed by atoms with Gasteiger partial charge in [-0.05, 0) is 12.5 Å². The molecule has 2 N–H and O–H groups in total. The Morgan fingerprint density at radius 2 is 1.84 bits per heavy atom. The van der Waals surface area contributed by atoms with Crippen LogP contribution in [0.2, 0.25) is 0 Å². The lowest BCUT2D eigenvalue weighted by Gasteiger charge is -2.20. The van der Waals surface area contributed by atoms with E-state index < -0.39 is 24.5 Å². The molecule has 0 radical (unpaired) electrons. The van der Waals surface area contributed by atoms with Crippen LogP contribution in [0.25, 0.3) is 0 Å². The van der Waals surface area contributed by atoms with E-state index in [9.17, 15) is 18.4 Å². The van der Waals surface area contributed by atoms with Crippen molar-refractivity contribution in [1.29, 1.82) is 0 Å². The molecule has 0 aliphatic carbocycles. The first kappa shape index (κ1) is 18.2. The highest BCUT2D eigenvalue weighted by Gasteiger charge is 2.20. The van der Waals surface area contributed by atoms with Crippen molar-refractivity contribution in [1.82, 2.24) is 15.3 Å². The molecule has 0 saturated heterocycles. The van der Waals surface area contributed by atoms with Crippen LogP contribution in [0, 0.1) is 0 Å². The number of hydrogen-bond donors (Lipinski definition) is 2. The van der Waals surface area contributed by atoms with Crippen molar-refractivity contribution in [3.05, 3.63) is 53.6 Å². The van der Waals surface area contributed by atoms with Crippen LogP contribution in [0.15, 0.2) is 36.7 Å². The van der Waals surface area contributed by atoms with Gasteiger partial charge in [-0.2, -0.15) is 8.78 Å². The number of aromatic nitrogens is 2. The molecule has 1 aromatic carbocycles. The summed E-state index contributed by atoms with van der Waals surface area (Å²) >= 11 is 0. The number of carbonyl (C=O) groups excluding carboxylic acids is 1. The lowest BCUT2D eigenvalue weighted by molar-refractivity contribution is -0.0507. The summed E-state index contributed by atoms with van der Waals surface area (Å²) in [6.45, 7) is -1.22. The summed E-state index contributed by atoms with van der Waals surface area (Å²) in [5, 5.41) is 11.4. The van der Waals surface area contributed by atoms with E-state index in [1.54, 1.807) is 25.1 Å². The molecule has 25 heavy (non-hydrogen) atoms. The van der Waals surface area contributed by atoms with Crippen LogP contribution in [0.5, 0.6) is 5.75 Å². The molecule has 1 amide bonds. The number of carboxylic acids is 1. The Bertz CT molecular complexity index is 753. The number of halogens is 2. The molecule has 0 saturated carbocycles. The molecule has 0 bridgehead atoms. The van der Waals surface area contributed by atoms with Crippen LogP contribution >= 0.6 is 0 Å². The first-order valence-corrected chi connectivity index (χ1v) is 7.32. The number of ether oxygens (including phenoxy) is 1. The molecule has 0 aliphatic rings. The molecule has 1 atom stereocenters. The van der Waals surface area contributed by atoms with Crippen molar-refractivity contribution in [2.45, 2.75) is 26.0 Å². The summed E-state index contributed by atoms with van der Waals surface area (Å²) < 4.78 is 29.5. The fourth-order valence-corrected chi connectivity index (χ4v) is 2.16. The number of aromatic carboxylic acids is 1. The standard InChI is InChI=1S/C16H15F2N3O4/c1-2-10(9-5-3-4-6-13(9)25-16(17)18)21-14(22)11-7-20-12(8-19-11)15(23)24/h3-8,10,16H,2H2,1H3,(H,21,22)(H,23,24). The molecule has 0 fully saturated rings. The lowest BCUT2D eigenvalue weighted by Crippen LogP contribution is -2.29. The molecule has 9 heteroatoms. The molecule has 0 spiro atoms. The molecular weight excluding hydrogens is 336 g/mol. The third kappa shape index (κ3) is 4.69. The van der Waals surface area contributed by atoms with Crippen LogP contribution < -0.4 is 10.1 Å². The second-order valence-electron chi connectivity index (χ2n) is 4.94. The molecule has 1 heterocycles. The summed E-state index contributed by atoms with van der Waals surface area (Å²) in [5.41, 5.74) is 0.0174. The van der Waals surface area contributed by atoms with Crippen LogP contribution in [-0.2, 0) is 0 Å². The predicted octanol–water partition coefficient (Wildman–Crippen LogP) is 2.66. The minimum absolute atomic E-state index is 0.0306. The van der Waals surface area contributed by atoms with Gasteiger partial charge >= 0.3 is 12.6 Å². The maximum atomic E-state index is 12.5. The Labute approximate surface area is 141 Å². The van der Waals surface area contributed by atoms with E-state index >= 15 is 0 Å². The Balaban J connectivity index is 2.19. The second kappa shape index (κ2) is 8.13. The fraction of sp³-hybridized carbons (Fsp3) is 0.250. The van der Waals surface area contributed by atoms with Gasteiger partial charge in [0.2, 0.25) is 0 Å². The summed E-state index contributed by atoms with van der Waals surface area (Å²) in [7, 11) is 0. The molecule has 2 rings (SSSR count). The number of alkyl halides is 2. The van der Waals surface area contributed by atoms with Crippen molar-refractivity contribution in [2.75, 3.05) is 0 Å². The maximum absolute atomic E-state index is 12.5. The van der Waals surface area contributed by atoms with Gasteiger partial charge in [0.25, 0.3) is 5.91 Å². The SMILES string of the molecule is CCC(NC(=O)c1cnc(C(=O)O)cn1)c1ccccc1OC(F)F. The Morgan fingerprint density at radius 3 is 2.40 bits per heavy atom. The minimum Gasteiger partial charge on any atom is -0.476 e. The van der Waals surface area contributed by atoms with Gasteiger partial charge in [-0.3, -0.25) is 4.79 Å². The minimum atomic E-state index is -2.98. The molecule has 0 aliphatic heterocycles. The van der Waals surface area contributed by atoms with E-state index in [0.29, 0.717) is 12.0 Å². The smallest absolute Gasteiger partial charge is 0.387 e. The van der Waals surface area contributed by atoms with Gasteiger partial charge in [-0.25, -0.2) is 14.8 Å². The summed E-state index contributed by atoms with van der Waals surface area (Å²) in [5.74, 6) is -1.90. The molecule has 1 aromatic heterocycles. The Morgan fingerprint density at radius 1 is 1.20 bits per heavy atom. The van der Waals surface area contributed by atoms with E-state index in [-0.39, 0.29) is 17.1 Å². The molecule has 132 valence electrons. The van der Waals surface area contributed by atoms with Crippen LogP contribution in [0.3, 0.4) is 0 Å². The summed E-state index contributed by atoms with van der Waals surface area (Å²) in [6.07, 6.45) is 2.41. The average Bonchev–Trinajstić information content (AvgIpc) is 2.59. The zero-order valence-corrected chi connectivity index (χ0v) is 13.1. The van der Waals surface area contributed by atoms with E-state index in [0.717, 1.165) is 12.4 Å². The summed E-state index contributed by atoms with van der Waals surface area (Å²) in [4.78, 5) is 30.4. The first-order valence-electron chi connectivity index (χ1n) is 7.32. The van der Waals surface area contributed by atoms with E-state index in [4.69, 9.17) is 5.11 Å². The van der Waals surface area contributed by atoms with Crippen LogP contribution in [0.4, 0.5) is 8.78 Å². The van der Waals surface area contributed by atoms with Gasteiger partial charge in [0.1, 0.15) is 11.4 Å². The number of hydrogen-bond acceptors (Lipinski definition) is 5. The lowest BCUT2D eigenvalue weighted by atomic mass is 10.0. The Kier molecular flexibility index (Phi) is 5.93. The van der Waals surface area contributed by atoms with Gasteiger partial charge < -0.3 is 15.2 Å². The largest absolute Gasteiger partial charge is 0.476 e. The predicted molar refractivity (Wildman–Crippen MR) is 82.6 cm³/mol. The highest BCUT2D eigenvalue weighted by Crippen LogP contribution is 2.28. The van der Waals surface area contributed by atoms with E-state index in [2.05, 4.69) is 20.0 Å². The fourth-order valence-electron chi connectivity index (χ4n) is 2.16. The highest BCUT2D eigenvalue weighted by atomic mass is 19.3. The van der Waals surface area contributed by atoms with Crippen molar-refractivity contribution in [3.8, 4) is 5.75 Å². The van der Waals surface area contributed by atoms with Crippen molar-refractivity contribution in [2.24, 2.45) is 0 Å². The van der Waals surface area contributed by atoms with E-state index in [1.807, 2.05) is 0 Å². The summed E-state index contributed by atoms with van der Waals surface area (Å²) in [6, 6.07) is 5.56. The van der Waals surface area contributed by atoms with E-state index in [1.165, 1.54) is 6.07 Å². The van der Waals surface area contributed by atoms with Gasteiger partial charge in [-0.15, -0.1) is 0 Å². The zero-order valence-electron chi connectivity index (χ0n) is 13.1. The van der Waals surface area contributed by atoms with Crippen molar-refractivity contribution >= 4 is 11.9 Å². The molecule has 2 aromatic rings. The number of carbonyl (C=O) groups is 2. The molecular formula is C16H15F2N3O4. The van der Waals surface area contributed by atoms with Crippen molar-refractivity contribution < 1.29 is 28.2 Å². The number of benzene rings is 1. The van der Waals surface area contributed by atoms with Crippen molar-refractivity contribution in [3.63, 3.8) is 0 Å². The number of para-hydroxylation sites is 1. The van der Waals surface area contributed by atoms with Gasteiger partial charge in [0.15, 0.2) is 5.69 Å². The number of amides is 1. The topological polar surface area (TPSA) is 101 Å². The van der Waals surface area contributed by atoms with Gasteiger partial charge in [0, 0.05) is 5.56 Å². The number of carboxylic acid groups (broad SMARTS) is 1. The zero-order chi connectivity index (χ0) is 18.4. The second-order valence-corrected chi connectivity index (χ2v) is 4.94. The number of rotatable bonds is 7. The van der Waals surface area contributed by atoms with Gasteiger partial charge in [0.05, 0.1) is 18.4 Å². The number of nitrogens with one attached hydrogen (secondary N) is 1. The average molecular weight is 351 g/mol. The van der Waals surface area contributed by atoms with Crippen LogP contribution in [0.1, 0.15) is 45.9 Å². The molecule has 7 nitrogen and oxygen atoms in total. The third-order valence-electron chi connectivity index (χ3n) is 3.33. The maximum Gasteiger partial charge on any atom is 0.387 e. The third-order valence-corrected chi connectivity index (χ3v) is 3.33. The Hall–Kier alpha value is -3.10. The molecule has 1 unspecified atom stereocenters.